The third-order valence-electron chi connectivity index (χ3n) is 7.75. The molecule has 0 saturated carbocycles. The van der Waals surface area contributed by atoms with E-state index < -0.39 is 0 Å². The van der Waals surface area contributed by atoms with Crippen molar-refractivity contribution in [3.63, 3.8) is 0 Å². The van der Waals surface area contributed by atoms with Gasteiger partial charge in [0, 0.05) is 30.6 Å². The van der Waals surface area contributed by atoms with Crippen LogP contribution in [-0.2, 0) is 0 Å². The number of aliphatic imine (C=N–C) groups is 2. The number of benzene rings is 7. The van der Waals surface area contributed by atoms with Crippen molar-refractivity contribution in [3.8, 4) is 11.1 Å². The molecule has 0 aliphatic heterocycles. The van der Waals surface area contributed by atoms with Gasteiger partial charge < -0.3 is 0 Å². The van der Waals surface area contributed by atoms with E-state index in [-0.39, 0.29) is 0 Å². The molecule has 0 aliphatic rings. The second kappa shape index (κ2) is 9.34. The molecule has 39 heavy (non-hydrogen) atoms. The molecule has 7 aromatic rings. The summed E-state index contributed by atoms with van der Waals surface area (Å²) in [6, 6.07) is 41.8. The monoisotopic (exact) mass is 498 g/mol. The number of rotatable bonds is 4. The van der Waals surface area contributed by atoms with Gasteiger partial charge in [-0.1, -0.05) is 109 Å². The maximum absolute atomic E-state index is 4.35. The molecule has 184 valence electrons. The molecule has 2 heteroatoms. The van der Waals surface area contributed by atoms with Gasteiger partial charge in [-0.25, -0.2) is 0 Å². The van der Waals surface area contributed by atoms with Crippen molar-refractivity contribution in [2.45, 2.75) is 0 Å². The van der Waals surface area contributed by atoms with Crippen molar-refractivity contribution in [1.29, 1.82) is 0 Å². The Morgan fingerprint density at radius 3 is 1.74 bits per heavy atom. The van der Waals surface area contributed by atoms with E-state index in [1.165, 1.54) is 65.0 Å². The molecule has 0 amide bonds. The lowest BCUT2D eigenvalue weighted by Crippen LogP contribution is -1.95. The van der Waals surface area contributed by atoms with Crippen LogP contribution in [0.5, 0.6) is 0 Å². The molecule has 2 nitrogen and oxygen atoms in total. The largest absolute Gasteiger partial charge is 0.296 e. The van der Waals surface area contributed by atoms with Crippen LogP contribution in [0.2, 0.25) is 0 Å². The van der Waals surface area contributed by atoms with Gasteiger partial charge in [-0.3, -0.25) is 9.98 Å². The Hall–Kier alpha value is -5.08. The molecule has 0 spiro atoms. The van der Waals surface area contributed by atoms with Crippen molar-refractivity contribution >= 4 is 72.4 Å². The standard InChI is InChI=1S/C37H26N2/c1-38-22-25(23-39-2)36-30-15-7-9-17-32(30)37(33-18-10-8-16-31(33)36)35-21-34-26-12-4-3-11-24(26)19-20-29(34)27-13-5-6-14-28(27)35/h3-23H,1H2,2H3/b25-22+,39-23-. The van der Waals surface area contributed by atoms with Crippen LogP contribution in [0.3, 0.4) is 0 Å². The number of nitrogens with zero attached hydrogens (tertiary/aromatic N) is 2. The quantitative estimate of drug-likeness (QED) is 0.131. The smallest absolute Gasteiger partial charge is 0.0354 e. The second-order valence-corrected chi connectivity index (χ2v) is 9.85. The van der Waals surface area contributed by atoms with Gasteiger partial charge in [0.25, 0.3) is 0 Å². The fourth-order valence-corrected chi connectivity index (χ4v) is 6.20. The van der Waals surface area contributed by atoms with Gasteiger partial charge in [0.05, 0.1) is 0 Å². The zero-order valence-electron chi connectivity index (χ0n) is 21.7. The highest BCUT2D eigenvalue weighted by molar-refractivity contribution is 6.29. The first-order valence-corrected chi connectivity index (χ1v) is 13.2. The van der Waals surface area contributed by atoms with Gasteiger partial charge in [0.2, 0.25) is 0 Å². The molecule has 0 unspecified atom stereocenters. The number of hydrogen-bond acceptors (Lipinski definition) is 2. The summed E-state index contributed by atoms with van der Waals surface area (Å²) in [4.78, 5) is 8.47. The number of fused-ring (bicyclic) bond motifs is 7. The third kappa shape index (κ3) is 3.57. The number of allylic oxidation sites excluding steroid dienone is 1. The van der Waals surface area contributed by atoms with Crippen molar-refractivity contribution in [3.05, 3.63) is 127 Å². The van der Waals surface area contributed by atoms with E-state index in [0.717, 1.165) is 11.1 Å². The fourth-order valence-electron chi connectivity index (χ4n) is 6.20. The van der Waals surface area contributed by atoms with Crippen molar-refractivity contribution in [2.24, 2.45) is 9.98 Å². The van der Waals surface area contributed by atoms with Crippen molar-refractivity contribution in [2.75, 3.05) is 7.05 Å². The normalized spacial score (nSPS) is 12.4. The van der Waals surface area contributed by atoms with Crippen LogP contribution in [0.15, 0.2) is 131 Å². The highest BCUT2D eigenvalue weighted by Crippen LogP contribution is 2.45. The fraction of sp³-hybridized carbons (Fsp3) is 0.0270. The molecule has 0 fully saturated rings. The van der Waals surface area contributed by atoms with Crippen LogP contribution in [0.25, 0.3) is 70.6 Å². The van der Waals surface area contributed by atoms with Gasteiger partial charge in [-0.05, 0) is 77.8 Å². The summed E-state index contributed by atoms with van der Waals surface area (Å²) in [7, 11) is 1.79. The molecule has 0 saturated heterocycles. The van der Waals surface area contributed by atoms with Crippen LogP contribution in [0.4, 0.5) is 0 Å². The molecule has 0 aromatic heterocycles. The predicted octanol–water partition coefficient (Wildman–Crippen LogP) is 9.86. The van der Waals surface area contributed by atoms with Crippen LogP contribution >= 0.6 is 0 Å². The topological polar surface area (TPSA) is 24.7 Å². The summed E-state index contributed by atoms with van der Waals surface area (Å²) in [5.41, 5.74) is 4.56. The minimum absolute atomic E-state index is 0.945. The van der Waals surface area contributed by atoms with Crippen LogP contribution in [-0.4, -0.2) is 20.0 Å². The Bertz CT molecular complexity index is 2090. The zero-order valence-corrected chi connectivity index (χ0v) is 21.7. The summed E-state index contributed by atoms with van der Waals surface area (Å²) >= 11 is 0. The summed E-state index contributed by atoms with van der Waals surface area (Å²) in [6.07, 6.45) is 3.68. The first-order valence-electron chi connectivity index (χ1n) is 13.2. The summed E-state index contributed by atoms with van der Waals surface area (Å²) in [5, 5.41) is 12.3. The zero-order chi connectivity index (χ0) is 26.3. The van der Waals surface area contributed by atoms with E-state index in [9.17, 15) is 0 Å². The lowest BCUT2D eigenvalue weighted by Gasteiger charge is -2.20. The maximum atomic E-state index is 4.35. The van der Waals surface area contributed by atoms with Gasteiger partial charge in [0.15, 0.2) is 0 Å². The Labute approximate surface area is 227 Å². The van der Waals surface area contributed by atoms with Crippen molar-refractivity contribution < 1.29 is 0 Å². The molecule has 0 aliphatic carbocycles. The molecule has 0 bridgehead atoms. The molecule has 7 aromatic carbocycles. The Morgan fingerprint density at radius 1 is 0.564 bits per heavy atom. The van der Waals surface area contributed by atoms with Gasteiger partial charge in [-0.15, -0.1) is 0 Å². The molecule has 0 radical (unpaired) electrons. The average molecular weight is 499 g/mol. The van der Waals surface area contributed by atoms with Gasteiger partial charge >= 0.3 is 0 Å². The van der Waals surface area contributed by atoms with E-state index in [4.69, 9.17) is 0 Å². The van der Waals surface area contributed by atoms with E-state index >= 15 is 0 Å². The van der Waals surface area contributed by atoms with E-state index in [1.54, 1.807) is 13.2 Å². The van der Waals surface area contributed by atoms with Crippen LogP contribution < -0.4 is 0 Å². The van der Waals surface area contributed by atoms with Crippen LogP contribution in [0, 0.1) is 0 Å². The van der Waals surface area contributed by atoms with Crippen LogP contribution in [0.1, 0.15) is 5.56 Å². The summed E-state index contributed by atoms with van der Waals surface area (Å²) in [5.74, 6) is 0. The van der Waals surface area contributed by atoms with Gasteiger partial charge in [-0.2, -0.15) is 0 Å². The summed E-state index contributed by atoms with van der Waals surface area (Å²) in [6.45, 7) is 3.73. The molecule has 0 atom stereocenters. The minimum Gasteiger partial charge on any atom is -0.296 e. The summed E-state index contributed by atoms with van der Waals surface area (Å²) < 4.78 is 0. The van der Waals surface area contributed by atoms with E-state index in [1.807, 2.05) is 6.21 Å². The van der Waals surface area contributed by atoms with Crippen molar-refractivity contribution in [1.82, 2.24) is 0 Å². The molecule has 0 N–H and O–H groups in total. The average Bonchev–Trinajstić information content (AvgIpc) is 2.99. The lowest BCUT2D eigenvalue weighted by atomic mass is 9.83. The maximum Gasteiger partial charge on any atom is 0.0354 e. The first kappa shape index (κ1) is 23.1. The molecule has 0 heterocycles. The lowest BCUT2D eigenvalue weighted by molar-refractivity contribution is 1.47. The molecular formula is C37H26N2. The van der Waals surface area contributed by atoms with E-state index in [0.29, 0.717) is 0 Å². The SMILES string of the molecule is C=N/C=C(\C=N/C)c1c2ccccc2c(-c2cc3c4ccccc4ccc3c3ccccc23)c2ccccc12. The number of hydrogen-bond donors (Lipinski definition) is 0. The second-order valence-electron chi connectivity index (χ2n) is 9.85. The Morgan fingerprint density at radius 2 is 1.10 bits per heavy atom. The van der Waals surface area contributed by atoms with E-state index in [2.05, 4.69) is 132 Å². The van der Waals surface area contributed by atoms with Gasteiger partial charge in [0.1, 0.15) is 0 Å². The third-order valence-corrected chi connectivity index (χ3v) is 7.75. The Balaban J connectivity index is 1.72. The first-order chi connectivity index (χ1) is 19.3. The molecular weight excluding hydrogens is 472 g/mol. The predicted molar refractivity (Wildman–Crippen MR) is 171 cm³/mol. The minimum atomic E-state index is 0.945. The highest BCUT2D eigenvalue weighted by atomic mass is 14.7. The molecule has 7 rings (SSSR count). The highest BCUT2D eigenvalue weighted by Gasteiger charge is 2.19. The Kier molecular flexibility index (Phi) is 5.53.